The van der Waals surface area contributed by atoms with Gasteiger partial charge in [-0.3, -0.25) is 24.5 Å². The topological polar surface area (TPSA) is 62.6 Å². The molecule has 0 aliphatic carbocycles. The van der Waals surface area contributed by atoms with Crippen molar-refractivity contribution in [2.45, 2.75) is 39.7 Å². The molecular formula is C21H23N3O2. The van der Waals surface area contributed by atoms with Crippen LogP contribution in [0.4, 0.5) is 0 Å². The molecule has 0 N–H and O–H groups in total. The fourth-order valence-corrected chi connectivity index (χ4v) is 3.11. The number of benzene rings is 1. The third-order valence-electron chi connectivity index (χ3n) is 4.67. The number of hydrogen-bond acceptors (Lipinski definition) is 4. The van der Waals surface area contributed by atoms with E-state index in [1.807, 2.05) is 31.2 Å². The van der Waals surface area contributed by atoms with Crippen molar-refractivity contribution in [3.8, 4) is 0 Å². The highest BCUT2D eigenvalue weighted by Gasteiger charge is 2.38. The molecule has 134 valence electrons. The highest BCUT2D eigenvalue weighted by atomic mass is 16.2. The third-order valence-corrected chi connectivity index (χ3v) is 4.67. The van der Waals surface area contributed by atoms with Crippen LogP contribution in [0.25, 0.3) is 0 Å². The summed E-state index contributed by atoms with van der Waals surface area (Å²) in [4.78, 5) is 35.2. The monoisotopic (exact) mass is 349 g/mol. The Labute approximate surface area is 153 Å². The first-order valence-corrected chi connectivity index (χ1v) is 8.61. The van der Waals surface area contributed by atoms with Crippen LogP contribution in [-0.4, -0.2) is 35.0 Å². The van der Waals surface area contributed by atoms with E-state index in [9.17, 15) is 9.59 Å². The Hall–Kier alpha value is -2.82. The first-order chi connectivity index (χ1) is 12.2. The van der Waals surface area contributed by atoms with Crippen LogP contribution in [0.2, 0.25) is 0 Å². The average molecular weight is 349 g/mol. The van der Waals surface area contributed by atoms with Crippen molar-refractivity contribution < 1.29 is 9.59 Å². The molecule has 2 heterocycles. The van der Waals surface area contributed by atoms with Gasteiger partial charge in [-0.15, -0.1) is 0 Å². The molecule has 0 atom stereocenters. The number of hydrogen-bond donors (Lipinski definition) is 0. The van der Waals surface area contributed by atoms with Gasteiger partial charge in [0.15, 0.2) is 0 Å². The second kappa shape index (κ2) is 6.48. The second-order valence-corrected chi connectivity index (χ2v) is 7.58. The molecule has 0 bridgehead atoms. The van der Waals surface area contributed by atoms with Crippen molar-refractivity contribution in [2.24, 2.45) is 4.99 Å². The Morgan fingerprint density at radius 1 is 1.12 bits per heavy atom. The molecule has 0 radical (unpaired) electrons. The molecule has 0 saturated heterocycles. The molecule has 26 heavy (non-hydrogen) atoms. The summed E-state index contributed by atoms with van der Waals surface area (Å²) in [5.41, 5.74) is 4.25. The minimum Gasteiger partial charge on any atom is -0.296 e. The molecule has 3 rings (SSSR count). The molecule has 2 aromatic rings. The van der Waals surface area contributed by atoms with Gasteiger partial charge >= 0.3 is 0 Å². The van der Waals surface area contributed by atoms with Crippen molar-refractivity contribution >= 4 is 18.0 Å². The summed E-state index contributed by atoms with van der Waals surface area (Å²) in [6.45, 7) is 8.51. The largest absolute Gasteiger partial charge is 0.296 e. The van der Waals surface area contributed by atoms with Crippen LogP contribution in [0.3, 0.4) is 0 Å². The van der Waals surface area contributed by atoms with E-state index in [-0.39, 0.29) is 23.8 Å². The first kappa shape index (κ1) is 18.0. The van der Waals surface area contributed by atoms with Crippen LogP contribution >= 0.6 is 0 Å². The minimum absolute atomic E-state index is 0.0611. The number of rotatable bonds is 3. The third kappa shape index (κ3) is 3.05. The van der Waals surface area contributed by atoms with Gasteiger partial charge in [0.25, 0.3) is 11.8 Å². The van der Waals surface area contributed by atoms with Gasteiger partial charge in [-0.2, -0.15) is 0 Å². The Kier molecular flexibility index (Phi) is 4.48. The summed E-state index contributed by atoms with van der Waals surface area (Å²) < 4.78 is 0. The van der Waals surface area contributed by atoms with Crippen molar-refractivity contribution in [1.82, 2.24) is 9.88 Å². The average Bonchev–Trinajstić information content (AvgIpc) is 2.82. The fourth-order valence-electron chi connectivity index (χ4n) is 3.11. The highest BCUT2D eigenvalue weighted by Crippen LogP contribution is 2.28. The number of pyridine rings is 1. The quantitative estimate of drug-likeness (QED) is 0.629. The molecule has 1 aromatic carbocycles. The number of carbonyl (C=O) groups is 2. The number of imide groups is 1. The lowest BCUT2D eigenvalue weighted by atomic mass is 9.87. The van der Waals surface area contributed by atoms with Gasteiger partial charge < -0.3 is 0 Å². The SMILES string of the molecule is CN=Cc1c(C)ncc2c1C(=O)N(Cc1ccc(C(C)(C)C)cc1)C2=O. The van der Waals surface area contributed by atoms with E-state index in [1.165, 1.54) is 16.7 Å². The van der Waals surface area contributed by atoms with Gasteiger partial charge in [-0.1, -0.05) is 45.0 Å². The number of aryl methyl sites for hydroxylation is 1. The molecule has 1 aliphatic rings. The zero-order valence-electron chi connectivity index (χ0n) is 15.8. The van der Waals surface area contributed by atoms with Crippen LogP contribution < -0.4 is 0 Å². The van der Waals surface area contributed by atoms with E-state index in [0.717, 1.165) is 5.56 Å². The lowest BCUT2D eigenvalue weighted by Crippen LogP contribution is -2.29. The molecular weight excluding hydrogens is 326 g/mol. The van der Waals surface area contributed by atoms with Gasteiger partial charge in [-0.25, -0.2) is 0 Å². The minimum atomic E-state index is -0.303. The summed E-state index contributed by atoms with van der Waals surface area (Å²) in [7, 11) is 1.63. The van der Waals surface area contributed by atoms with E-state index >= 15 is 0 Å². The molecule has 1 aromatic heterocycles. The van der Waals surface area contributed by atoms with Gasteiger partial charge in [0.2, 0.25) is 0 Å². The summed E-state index contributed by atoms with van der Waals surface area (Å²) in [5, 5.41) is 0. The number of nitrogens with zero attached hydrogens (tertiary/aromatic N) is 3. The molecule has 1 aliphatic heterocycles. The summed E-state index contributed by atoms with van der Waals surface area (Å²) in [6, 6.07) is 8.05. The lowest BCUT2D eigenvalue weighted by molar-refractivity contribution is 0.0642. The van der Waals surface area contributed by atoms with E-state index in [2.05, 4.69) is 30.7 Å². The van der Waals surface area contributed by atoms with Crippen molar-refractivity contribution in [3.63, 3.8) is 0 Å². The van der Waals surface area contributed by atoms with E-state index in [4.69, 9.17) is 0 Å². The van der Waals surface area contributed by atoms with Crippen molar-refractivity contribution in [1.29, 1.82) is 0 Å². The van der Waals surface area contributed by atoms with Crippen LogP contribution in [0.1, 0.15) is 63.9 Å². The van der Waals surface area contributed by atoms with Crippen molar-refractivity contribution in [3.05, 3.63) is 64.0 Å². The normalized spacial score (nSPS) is 14.4. The predicted molar refractivity (Wildman–Crippen MR) is 102 cm³/mol. The smallest absolute Gasteiger partial charge is 0.263 e. The van der Waals surface area contributed by atoms with E-state index in [0.29, 0.717) is 22.4 Å². The maximum atomic E-state index is 12.9. The van der Waals surface area contributed by atoms with Crippen LogP contribution in [0.5, 0.6) is 0 Å². The number of fused-ring (bicyclic) bond motifs is 1. The maximum Gasteiger partial charge on any atom is 0.263 e. The first-order valence-electron chi connectivity index (χ1n) is 8.61. The molecule has 5 heteroatoms. The van der Waals surface area contributed by atoms with Gasteiger partial charge in [0, 0.05) is 30.7 Å². The summed E-state index contributed by atoms with van der Waals surface area (Å²) in [5.74, 6) is -0.589. The van der Waals surface area contributed by atoms with Gasteiger partial charge in [0.05, 0.1) is 17.7 Å². The lowest BCUT2D eigenvalue weighted by Gasteiger charge is -2.20. The fraction of sp³-hybridized carbons (Fsp3) is 0.333. The Morgan fingerprint density at radius 3 is 2.35 bits per heavy atom. The Morgan fingerprint density at radius 2 is 1.77 bits per heavy atom. The van der Waals surface area contributed by atoms with Crippen LogP contribution in [0.15, 0.2) is 35.5 Å². The summed E-state index contributed by atoms with van der Waals surface area (Å²) >= 11 is 0. The molecule has 0 fully saturated rings. The summed E-state index contributed by atoms with van der Waals surface area (Å²) in [6.07, 6.45) is 3.08. The number of amides is 2. The molecule has 0 unspecified atom stereocenters. The zero-order valence-corrected chi connectivity index (χ0v) is 15.8. The zero-order chi connectivity index (χ0) is 19.1. The molecule has 0 spiro atoms. The van der Waals surface area contributed by atoms with E-state index in [1.54, 1.807) is 13.3 Å². The number of aliphatic imine (C=N–C) groups is 1. The second-order valence-electron chi connectivity index (χ2n) is 7.58. The standard InChI is InChI=1S/C21H23N3O2/c1-13-16(10-22-5)18-17(11-23-13)19(25)24(20(18)26)12-14-6-8-15(9-7-14)21(2,3)4/h6-11H,12H2,1-5H3. The Balaban J connectivity index is 1.92. The Bertz CT molecular complexity index is 906. The molecule has 2 amide bonds. The number of aromatic nitrogens is 1. The molecule has 5 nitrogen and oxygen atoms in total. The van der Waals surface area contributed by atoms with Gasteiger partial charge in [-0.05, 0) is 23.5 Å². The van der Waals surface area contributed by atoms with Crippen LogP contribution in [-0.2, 0) is 12.0 Å². The van der Waals surface area contributed by atoms with E-state index < -0.39 is 0 Å². The maximum absolute atomic E-state index is 12.9. The van der Waals surface area contributed by atoms with Crippen molar-refractivity contribution in [2.75, 3.05) is 7.05 Å². The predicted octanol–water partition coefficient (Wildman–Crippen LogP) is 3.53. The highest BCUT2D eigenvalue weighted by molar-refractivity contribution is 6.23. The van der Waals surface area contributed by atoms with Crippen LogP contribution in [0, 0.1) is 6.92 Å². The van der Waals surface area contributed by atoms with Gasteiger partial charge in [0.1, 0.15) is 0 Å². The molecule has 0 saturated carbocycles. The number of carbonyl (C=O) groups excluding carboxylic acids is 2.